The Morgan fingerprint density at radius 2 is 1.88 bits per heavy atom. The maximum absolute atomic E-state index is 12.1. The topological polar surface area (TPSA) is 74.2 Å². The second-order valence-corrected chi connectivity index (χ2v) is 6.58. The van der Waals surface area contributed by atoms with E-state index in [9.17, 15) is 4.79 Å². The molecule has 0 unspecified atom stereocenters. The van der Waals surface area contributed by atoms with Crippen LogP contribution in [-0.2, 0) is 4.79 Å². The lowest BCUT2D eigenvalue weighted by Gasteiger charge is -2.35. The number of pyridine rings is 1. The van der Waals surface area contributed by atoms with Crippen molar-refractivity contribution in [1.82, 2.24) is 19.9 Å². The number of nitrogens with one attached hydrogen (secondary N) is 1. The van der Waals surface area contributed by atoms with Gasteiger partial charge in [0.1, 0.15) is 23.8 Å². The van der Waals surface area contributed by atoms with Gasteiger partial charge in [-0.25, -0.2) is 15.0 Å². The molecular formula is C19H26N6O. The summed E-state index contributed by atoms with van der Waals surface area (Å²) in [6, 6.07) is 5.86. The van der Waals surface area contributed by atoms with Crippen LogP contribution in [0.2, 0.25) is 0 Å². The summed E-state index contributed by atoms with van der Waals surface area (Å²) in [4.78, 5) is 29.3. The van der Waals surface area contributed by atoms with Crippen molar-refractivity contribution in [3.63, 3.8) is 0 Å². The first-order chi connectivity index (χ1) is 12.7. The fraction of sp³-hybridized carbons (Fsp3) is 0.474. The summed E-state index contributed by atoms with van der Waals surface area (Å²) in [6.07, 6.45) is 6.01. The van der Waals surface area contributed by atoms with Crippen molar-refractivity contribution < 1.29 is 4.79 Å². The highest BCUT2D eigenvalue weighted by Gasteiger charge is 2.21. The number of unbranched alkanes of at least 4 members (excludes halogenated alkanes) is 1. The number of hydrogen-bond acceptors (Lipinski definition) is 6. The van der Waals surface area contributed by atoms with Gasteiger partial charge in [-0.1, -0.05) is 13.3 Å². The maximum Gasteiger partial charge on any atom is 0.222 e. The average Bonchev–Trinajstić information content (AvgIpc) is 2.66. The van der Waals surface area contributed by atoms with Crippen molar-refractivity contribution in [2.45, 2.75) is 33.1 Å². The second-order valence-electron chi connectivity index (χ2n) is 6.58. The predicted molar refractivity (Wildman–Crippen MR) is 103 cm³/mol. The molecule has 1 N–H and O–H groups in total. The van der Waals surface area contributed by atoms with Gasteiger partial charge in [-0.15, -0.1) is 0 Å². The van der Waals surface area contributed by atoms with E-state index in [1.165, 1.54) is 0 Å². The van der Waals surface area contributed by atoms with E-state index in [-0.39, 0.29) is 5.91 Å². The molecule has 1 amide bonds. The highest BCUT2D eigenvalue weighted by molar-refractivity contribution is 5.76. The standard InChI is InChI=1S/C19H26N6O/c1-3-4-5-19(26)25-10-8-24(9-11-25)18-13-17(21-14-22-18)23-16-12-15(2)6-7-20-16/h6-7,12-14H,3-5,8-11H2,1-2H3,(H,20,21,22,23). The van der Waals surface area contributed by atoms with Crippen LogP contribution in [0.3, 0.4) is 0 Å². The zero-order valence-electron chi connectivity index (χ0n) is 15.5. The zero-order valence-corrected chi connectivity index (χ0v) is 15.5. The first kappa shape index (κ1) is 18.1. The van der Waals surface area contributed by atoms with Gasteiger partial charge in [0.2, 0.25) is 5.91 Å². The van der Waals surface area contributed by atoms with E-state index >= 15 is 0 Å². The van der Waals surface area contributed by atoms with Crippen molar-refractivity contribution in [2.24, 2.45) is 0 Å². The number of carbonyl (C=O) groups excluding carboxylic acids is 1. The SMILES string of the molecule is CCCCC(=O)N1CCN(c2cc(Nc3cc(C)ccn3)ncn2)CC1. The predicted octanol–water partition coefficient (Wildman–Crippen LogP) is 2.76. The first-order valence-corrected chi connectivity index (χ1v) is 9.20. The van der Waals surface area contributed by atoms with Crippen LogP contribution in [0.5, 0.6) is 0 Å². The first-order valence-electron chi connectivity index (χ1n) is 9.20. The second kappa shape index (κ2) is 8.60. The van der Waals surface area contributed by atoms with E-state index in [2.05, 4.69) is 32.1 Å². The molecule has 7 nitrogen and oxygen atoms in total. The largest absolute Gasteiger partial charge is 0.353 e. The molecule has 3 heterocycles. The normalized spacial score (nSPS) is 14.4. The number of rotatable bonds is 6. The van der Waals surface area contributed by atoms with Crippen LogP contribution in [0.15, 0.2) is 30.7 Å². The van der Waals surface area contributed by atoms with Crippen LogP contribution in [-0.4, -0.2) is 51.9 Å². The van der Waals surface area contributed by atoms with Crippen LogP contribution < -0.4 is 10.2 Å². The van der Waals surface area contributed by atoms with E-state index in [1.807, 2.05) is 30.0 Å². The van der Waals surface area contributed by atoms with Crippen molar-refractivity contribution >= 4 is 23.4 Å². The van der Waals surface area contributed by atoms with Gasteiger partial charge in [0.05, 0.1) is 0 Å². The minimum Gasteiger partial charge on any atom is -0.353 e. The number of amides is 1. The van der Waals surface area contributed by atoms with Gasteiger partial charge >= 0.3 is 0 Å². The summed E-state index contributed by atoms with van der Waals surface area (Å²) >= 11 is 0. The van der Waals surface area contributed by atoms with Crippen molar-refractivity contribution in [3.8, 4) is 0 Å². The third-order valence-corrected chi connectivity index (χ3v) is 4.52. The van der Waals surface area contributed by atoms with Crippen LogP contribution in [0.1, 0.15) is 31.7 Å². The molecule has 0 saturated carbocycles. The lowest BCUT2D eigenvalue weighted by atomic mass is 10.2. The molecule has 1 aliphatic rings. The minimum absolute atomic E-state index is 0.266. The summed E-state index contributed by atoms with van der Waals surface area (Å²) in [6.45, 7) is 7.20. The van der Waals surface area contributed by atoms with E-state index < -0.39 is 0 Å². The van der Waals surface area contributed by atoms with Crippen molar-refractivity contribution in [1.29, 1.82) is 0 Å². The fourth-order valence-corrected chi connectivity index (χ4v) is 3.00. The molecule has 7 heteroatoms. The zero-order chi connectivity index (χ0) is 18.4. The molecular weight excluding hydrogens is 328 g/mol. The number of hydrogen-bond donors (Lipinski definition) is 1. The summed E-state index contributed by atoms with van der Waals surface area (Å²) in [5, 5.41) is 3.22. The fourth-order valence-electron chi connectivity index (χ4n) is 3.00. The number of aryl methyl sites for hydroxylation is 1. The van der Waals surface area contributed by atoms with Crippen LogP contribution in [0, 0.1) is 6.92 Å². The molecule has 0 aromatic carbocycles. The lowest BCUT2D eigenvalue weighted by molar-refractivity contribution is -0.131. The van der Waals surface area contributed by atoms with Gasteiger partial charge in [-0.2, -0.15) is 0 Å². The third-order valence-electron chi connectivity index (χ3n) is 4.52. The molecule has 0 bridgehead atoms. The number of piperazine rings is 1. The smallest absolute Gasteiger partial charge is 0.222 e. The van der Waals surface area contributed by atoms with Crippen LogP contribution in [0.4, 0.5) is 17.5 Å². The van der Waals surface area contributed by atoms with E-state index in [1.54, 1.807) is 12.5 Å². The van der Waals surface area contributed by atoms with Crippen LogP contribution in [0.25, 0.3) is 0 Å². The molecule has 138 valence electrons. The van der Waals surface area contributed by atoms with E-state index in [0.717, 1.165) is 62.0 Å². The molecule has 1 saturated heterocycles. The van der Waals surface area contributed by atoms with Gasteiger partial charge in [-0.3, -0.25) is 4.79 Å². The molecule has 0 radical (unpaired) electrons. The summed E-state index contributed by atoms with van der Waals surface area (Å²) in [5.41, 5.74) is 1.14. The molecule has 0 atom stereocenters. The Balaban J connectivity index is 1.60. The Labute approximate surface area is 154 Å². The average molecular weight is 354 g/mol. The van der Waals surface area contributed by atoms with Gasteiger partial charge < -0.3 is 15.1 Å². The number of anilines is 3. The van der Waals surface area contributed by atoms with E-state index in [0.29, 0.717) is 6.42 Å². The molecule has 3 rings (SSSR count). The van der Waals surface area contributed by atoms with E-state index in [4.69, 9.17) is 0 Å². The molecule has 1 fully saturated rings. The van der Waals surface area contributed by atoms with Gasteiger partial charge in [0, 0.05) is 44.9 Å². The number of carbonyl (C=O) groups is 1. The Morgan fingerprint density at radius 3 is 2.62 bits per heavy atom. The summed E-state index contributed by atoms with van der Waals surface area (Å²) < 4.78 is 0. The van der Waals surface area contributed by atoms with Crippen molar-refractivity contribution in [2.75, 3.05) is 36.4 Å². The van der Waals surface area contributed by atoms with Crippen LogP contribution >= 0.6 is 0 Å². The number of nitrogens with zero attached hydrogens (tertiary/aromatic N) is 5. The highest BCUT2D eigenvalue weighted by Crippen LogP contribution is 2.19. The monoisotopic (exact) mass is 354 g/mol. The highest BCUT2D eigenvalue weighted by atomic mass is 16.2. The van der Waals surface area contributed by atoms with Gasteiger partial charge in [0.15, 0.2) is 0 Å². The molecule has 2 aromatic heterocycles. The summed E-state index contributed by atoms with van der Waals surface area (Å²) in [7, 11) is 0. The van der Waals surface area contributed by atoms with Gasteiger partial charge in [-0.05, 0) is 31.0 Å². The van der Waals surface area contributed by atoms with Gasteiger partial charge in [0.25, 0.3) is 0 Å². The molecule has 0 spiro atoms. The Morgan fingerprint density at radius 1 is 1.12 bits per heavy atom. The van der Waals surface area contributed by atoms with Crippen molar-refractivity contribution in [3.05, 3.63) is 36.3 Å². The Kier molecular flexibility index (Phi) is 5.99. The molecule has 0 aliphatic carbocycles. The quantitative estimate of drug-likeness (QED) is 0.860. The Hall–Kier alpha value is -2.70. The maximum atomic E-state index is 12.1. The minimum atomic E-state index is 0.266. The third kappa shape index (κ3) is 4.68. The molecule has 26 heavy (non-hydrogen) atoms. The Bertz CT molecular complexity index is 742. The molecule has 2 aromatic rings. The number of aromatic nitrogens is 3. The summed E-state index contributed by atoms with van der Waals surface area (Å²) in [5.74, 6) is 2.62. The lowest BCUT2D eigenvalue weighted by Crippen LogP contribution is -2.49. The molecule has 1 aliphatic heterocycles.